The molecule has 2 N–H and O–H groups in total. The lowest BCUT2D eigenvalue weighted by Gasteiger charge is -2.46. The highest BCUT2D eigenvalue weighted by Gasteiger charge is 2.39. The third-order valence-corrected chi connectivity index (χ3v) is 5.78. The van der Waals surface area contributed by atoms with Gasteiger partial charge in [-0.1, -0.05) is 11.6 Å². The number of nitrogens with one attached hydrogen (secondary N) is 2. The Hall–Kier alpha value is -0.820. The van der Waals surface area contributed by atoms with Gasteiger partial charge in [-0.25, -0.2) is 13.1 Å². The minimum Gasteiger partial charge on any atom is -0.495 e. The molecule has 0 atom stereocenters. The first kappa shape index (κ1) is 18.5. The van der Waals surface area contributed by atoms with Crippen molar-refractivity contribution in [3.8, 4) is 5.75 Å². The average molecular weight is 361 g/mol. The molecule has 0 amide bonds. The Morgan fingerprint density at radius 1 is 1.22 bits per heavy atom. The highest BCUT2D eigenvalue weighted by molar-refractivity contribution is 7.89. The van der Waals surface area contributed by atoms with Crippen LogP contribution in [0.2, 0.25) is 5.02 Å². The first-order valence-electron chi connectivity index (χ1n) is 7.59. The van der Waals surface area contributed by atoms with Crippen molar-refractivity contribution in [1.29, 1.82) is 0 Å². The van der Waals surface area contributed by atoms with Crippen molar-refractivity contribution in [1.82, 2.24) is 10.0 Å². The summed E-state index contributed by atoms with van der Waals surface area (Å²) in [4.78, 5) is 0.160. The number of benzene rings is 1. The predicted molar refractivity (Wildman–Crippen MR) is 92.6 cm³/mol. The second-order valence-corrected chi connectivity index (χ2v) is 9.54. The Labute approximate surface area is 143 Å². The molecule has 2 rings (SSSR count). The molecule has 1 aliphatic rings. The first-order valence-corrected chi connectivity index (χ1v) is 9.45. The molecule has 1 aliphatic heterocycles. The zero-order valence-electron chi connectivity index (χ0n) is 14.2. The normalized spacial score (nSPS) is 21.1. The van der Waals surface area contributed by atoms with Gasteiger partial charge in [-0.05, 0) is 52.7 Å². The molecule has 0 saturated carbocycles. The summed E-state index contributed by atoms with van der Waals surface area (Å²) in [6.07, 6.45) is 1.45. The van der Waals surface area contributed by atoms with Crippen LogP contribution in [0.1, 0.15) is 40.5 Å². The van der Waals surface area contributed by atoms with Crippen molar-refractivity contribution < 1.29 is 13.2 Å². The first-order chi connectivity index (χ1) is 10.4. The average Bonchev–Trinajstić information content (AvgIpc) is 2.34. The molecule has 0 spiro atoms. The molecule has 7 heteroatoms. The third kappa shape index (κ3) is 4.59. The van der Waals surface area contributed by atoms with Crippen LogP contribution in [-0.2, 0) is 10.0 Å². The van der Waals surface area contributed by atoms with E-state index < -0.39 is 10.0 Å². The third-order valence-electron chi connectivity index (χ3n) is 3.94. The van der Waals surface area contributed by atoms with Crippen LogP contribution in [0.3, 0.4) is 0 Å². The van der Waals surface area contributed by atoms with E-state index in [1.807, 2.05) is 0 Å². The fourth-order valence-electron chi connectivity index (χ4n) is 3.50. The molecule has 0 unspecified atom stereocenters. The predicted octanol–water partition coefficient (Wildman–Crippen LogP) is 2.94. The number of ether oxygens (including phenoxy) is 1. The lowest BCUT2D eigenvalue weighted by molar-refractivity contribution is 0.157. The van der Waals surface area contributed by atoms with Gasteiger partial charge in [-0.2, -0.15) is 0 Å². The zero-order chi connectivity index (χ0) is 17.5. The lowest BCUT2D eigenvalue weighted by Crippen LogP contribution is -2.62. The molecular weight excluding hydrogens is 336 g/mol. The summed E-state index contributed by atoms with van der Waals surface area (Å²) < 4.78 is 33.3. The van der Waals surface area contributed by atoms with E-state index in [4.69, 9.17) is 16.3 Å². The van der Waals surface area contributed by atoms with E-state index in [0.29, 0.717) is 10.8 Å². The molecule has 1 aromatic rings. The Bertz CT molecular complexity index is 671. The number of methoxy groups -OCH3 is 1. The standard InChI is InChI=1S/C16H25ClN2O3S/c1-15(2)9-11(10-16(3,4)19-15)18-23(20,21)12-6-7-13(17)14(8-12)22-5/h6-8,11,18-19H,9-10H2,1-5H3. The molecule has 23 heavy (non-hydrogen) atoms. The highest BCUT2D eigenvalue weighted by atomic mass is 35.5. The maximum Gasteiger partial charge on any atom is 0.240 e. The number of hydrogen-bond donors (Lipinski definition) is 2. The minimum atomic E-state index is -3.63. The van der Waals surface area contributed by atoms with Gasteiger partial charge in [-0.15, -0.1) is 0 Å². The topological polar surface area (TPSA) is 67.4 Å². The van der Waals surface area contributed by atoms with Crippen molar-refractivity contribution in [2.75, 3.05) is 7.11 Å². The number of sulfonamides is 1. The van der Waals surface area contributed by atoms with Crippen LogP contribution < -0.4 is 14.8 Å². The quantitative estimate of drug-likeness (QED) is 0.866. The second kappa shape index (κ2) is 6.24. The van der Waals surface area contributed by atoms with Crippen molar-refractivity contribution in [2.45, 2.75) is 62.6 Å². The van der Waals surface area contributed by atoms with Gasteiger partial charge in [0.1, 0.15) is 5.75 Å². The zero-order valence-corrected chi connectivity index (χ0v) is 15.8. The summed E-state index contributed by atoms with van der Waals surface area (Å²) in [6, 6.07) is 4.34. The molecule has 130 valence electrons. The van der Waals surface area contributed by atoms with Crippen molar-refractivity contribution in [2.24, 2.45) is 0 Å². The van der Waals surface area contributed by atoms with E-state index in [1.54, 1.807) is 0 Å². The number of piperidine rings is 1. The molecule has 5 nitrogen and oxygen atoms in total. The maximum absolute atomic E-state index is 12.7. The van der Waals surface area contributed by atoms with Gasteiger partial charge < -0.3 is 10.1 Å². The molecule has 0 radical (unpaired) electrons. The number of hydrogen-bond acceptors (Lipinski definition) is 4. The van der Waals surface area contributed by atoms with Crippen LogP contribution in [0, 0.1) is 0 Å². The minimum absolute atomic E-state index is 0.132. The van der Waals surface area contributed by atoms with Crippen molar-refractivity contribution in [3.05, 3.63) is 23.2 Å². The molecule has 1 saturated heterocycles. The Kier molecular flexibility index (Phi) is 5.02. The molecule has 0 aromatic heterocycles. The fourth-order valence-corrected chi connectivity index (χ4v) is 4.95. The highest BCUT2D eigenvalue weighted by Crippen LogP contribution is 2.31. The van der Waals surface area contributed by atoms with E-state index in [1.165, 1.54) is 25.3 Å². The van der Waals surface area contributed by atoms with E-state index in [9.17, 15) is 8.42 Å². The smallest absolute Gasteiger partial charge is 0.240 e. The Balaban J connectivity index is 2.24. The van der Waals surface area contributed by atoms with Crippen molar-refractivity contribution >= 4 is 21.6 Å². The number of rotatable bonds is 4. The second-order valence-electron chi connectivity index (χ2n) is 7.42. The molecule has 1 fully saturated rings. The SMILES string of the molecule is COc1cc(S(=O)(=O)NC2CC(C)(C)NC(C)(C)C2)ccc1Cl. The van der Waals surface area contributed by atoms with Crippen molar-refractivity contribution in [3.63, 3.8) is 0 Å². The van der Waals surface area contributed by atoms with Gasteiger partial charge in [0, 0.05) is 23.2 Å². The molecule has 1 heterocycles. The van der Waals surface area contributed by atoms with E-state index in [2.05, 4.69) is 37.7 Å². The van der Waals surface area contributed by atoms with E-state index in [0.717, 1.165) is 12.8 Å². The Morgan fingerprint density at radius 3 is 2.30 bits per heavy atom. The maximum atomic E-state index is 12.7. The summed E-state index contributed by atoms with van der Waals surface area (Å²) in [5.74, 6) is 0.348. The Morgan fingerprint density at radius 2 is 1.78 bits per heavy atom. The molecular formula is C16H25ClN2O3S. The van der Waals surface area contributed by atoms with Gasteiger partial charge in [-0.3, -0.25) is 0 Å². The summed E-state index contributed by atoms with van der Waals surface area (Å²) in [7, 11) is -2.16. The van der Waals surface area contributed by atoms with Gasteiger partial charge in [0.05, 0.1) is 17.0 Å². The van der Waals surface area contributed by atoms with E-state index >= 15 is 0 Å². The van der Waals surface area contributed by atoms with Gasteiger partial charge in [0.15, 0.2) is 0 Å². The fraction of sp³-hybridized carbons (Fsp3) is 0.625. The van der Waals surface area contributed by atoms with Gasteiger partial charge in [0.2, 0.25) is 10.0 Å². The molecule has 1 aromatic carbocycles. The molecule has 0 bridgehead atoms. The van der Waals surface area contributed by atoms with E-state index in [-0.39, 0.29) is 22.0 Å². The monoisotopic (exact) mass is 360 g/mol. The molecule has 0 aliphatic carbocycles. The van der Waals surface area contributed by atoms with Crippen LogP contribution in [-0.4, -0.2) is 32.6 Å². The van der Waals surface area contributed by atoms with Crippen LogP contribution >= 0.6 is 11.6 Å². The summed E-state index contributed by atoms with van der Waals surface area (Å²) in [6.45, 7) is 8.34. The van der Waals surface area contributed by atoms with Crippen LogP contribution in [0.15, 0.2) is 23.1 Å². The summed E-state index contributed by atoms with van der Waals surface area (Å²) in [5, 5.41) is 3.93. The summed E-state index contributed by atoms with van der Waals surface area (Å²) in [5.41, 5.74) is -0.265. The largest absolute Gasteiger partial charge is 0.495 e. The summed E-state index contributed by atoms with van der Waals surface area (Å²) >= 11 is 5.96. The van der Waals surface area contributed by atoms with Gasteiger partial charge in [0.25, 0.3) is 0 Å². The van der Waals surface area contributed by atoms with Crippen LogP contribution in [0.5, 0.6) is 5.75 Å². The number of halogens is 1. The van der Waals surface area contributed by atoms with Gasteiger partial charge >= 0.3 is 0 Å². The lowest BCUT2D eigenvalue weighted by atomic mass is 9.80. The van der Waals surface area contributed by atoms with Crippen LogP contribution in [0.4, 0.5) is 0 Å². The van der Waals surface area contributed by atoms with Crippen LogP contribution in [0.25, 0.3) is 0 Å².